The molecule has 110 valence electrons. The Morgan fingerprint density at radius 2 is 2.10 bits per heavy atom. The van der Waals surface area contributed by atoms with Crippen molar-refractivity contribution in [2.24, 2.45) is 0 Å². The van der Waals surface area contributed by atoms with Gasteiger partial charge >= 0.3 is 6.09 Å². The van der Waals surface area contributed by atoms with Gasteiger partial charge in [0.1, 0.15) is 11.4 Å². The number of hydrogen-bond acceptors (Lipinski definition) is 2. The summed E-state index contributed by atoms with van der Waals surface area (Å²) in [6, 6.07) is 3.12. The first-order valence-corrected chi connectivity index (χ1v) is 7.46. The van der Waals surface area contributed by atoms with Gasteiger partial charge in [0, 0.05) is 6.54 Å². The van der Waals surface area contributed by atoms with E-state index in [1.54, 1.807) is 11.0 Å². The predicted octanol–water partition coefficient (Wildman–Crippen LogP) is 4.44. The highest BCUT2D eigenvalue weighted by atomic mass is 79.9. The average Bonchev–Trinajstić information content (AvgIpc) is 2.30. The lowest BCUT2D eigenvalue weighted by Gasteiger charge is -2.36. The normalized spacial score (nSPS) is 18.7. The van der Waals surface area contributed by atoms with Crippen LogP contribution in [-0.2, 0) is 11.2 Å². The third kappa shape index (κ3) is 3.14. The van der Waals surface area contributed by atoms with Crippen molar-refractivity contribution in [1.82, 2.24) is 4.90 Å². The molecule has 0 radical (unpaired) electrons. The van der Waals surface area contributed by atoms with Crippen LogP contribution in [0.4, 0.5) is 9.18 Å². The van der Waals surface area contributed by atoms with E-state index < -0.39 is 5.60 Å². The number of nitrogens with zero attached hydrogens (tertiary/aromatic N) is 1. The third-order valence-electron chi connectivity index (χ3n) is 3.35. The van der Waals surface area contributed by atoms with Crippen LogP contribution in [-0.4, -0.2) is 23.1 Å². The van der Waals surface area contributed by atoms with Crippen LogP contribution in [0, 0.1) is 5.82 Å². The minimum Gasteiger partial charge on any atom is -0.444 e. The summed E-state index contributed by atoms with van der Waals surface area (Å²) in [5, 5.41) is 0. The van der Waals surface area contributed by atoms with Gasteiger partial charge in [-0.25, -0.2) is 9.18 Å². The first-order valence-electron chi connectivity index (χ1n) is 6.66. The van der Waals surface area contributed by atoms with E-state index in [4.69, 9.17) is 4.74 Å². The summed E-state index contributed by atoms with van der Waals surface area (Å²) < 4.78 is 19.6. The number of carbonyl (C=O) groups excluding carboxylic acids is 1. The molecule has 0 spiro atoms. The van der Waals surface area contributed by atoms with E-state index >= 15 is 0 Å². The van der Waals surface area contributed by atoms with Crippen molar-refractivity contribution >= 4 is 22.0 Å². The van der Waals surface area contributed by atoms with E-state index in [2.05, 4.69) is 15.9 Å². The molecule has 0 N–H and O–H groups in total. The second-order valence-electron chi connectivity index (χ2n) is 6.06. The lowest BCUT2D eigenvalue weighted by molar-refractivity contribution is 0.0159. The number of amides is 1. The Hall–Kier alpha value is -1.10. The van der Waals surface area contributed by atoms with Crippen LogP contribution in [0.1, 0.15) is 44.9 Å². The Bertz CT molecular complexity index is 539. The SMILES string of the molecule is C[C@@H]1c2cc(F)c(Br)cc2CCN1C(=O)OC(C)(C)C. The molecule has 1 aromatic rings. The lowest BCUT2D eigenvalue weighted by Crippen LogP contribution is -2.42. The van der Waals surface area contributed by atoms with Gasteiger partial charge in [0.25, 0.3) is 0 Å². The summed E-state index contributed by atoms with van der Waals surface area (Å²) in [6.45, 7) is 8.00. The summed E-state index contributed by atoms with van der Waals surface area (Å²) in [7, 11) is 0. The van der Waals surface area contributed by atoms with Gasteiger partial charge in [-0.1, -0.05) is 0 Å². The van der Waals surface area contributed by atoms with Crippen molar-refractivity contribution in [3.05, 3.63) is 33.5 Å². The molecule has 1 aliphatic heterocycles. The maximum atomic E-state index is 13.7. The highest BCUT2D eigenvalue weighted by Crippen LogP contribution is 2.33. The fourth-order valence-electron chi connectivity index (χ4n) is 2.38. The molecular weight excluding hydrogens is 325 g/mol. The summed E-state index contributed by atoms with van der Waals surface area (Å²) in [5.41, 5.74) is 1.40. The Morgan fingerprint density at radius 1 is 1.45 bits per heavy atom. The molecule has 20 heavy (non-hydrogen) atoms. The Balaban J connectivity index is 2.25. The molecule has 0 aliphatic carbocycles. The number of carbonyl (C=O) groups is 1. The lowest BCUT2D eigenvalue weighted by atomic mass is 9.94. The molecule has 0 saturated carbocycles. The van der Waals surface area contributed by atoms with E-state index in [-0.39, 0.29) is 18.0 Å². The number of benzene rings is 1. The van der Waals surface area contributed by atoms with E-state index in [0.29, 0.717) is 17.4 Å². The highest BCUT2D eigenvalue weighted by molar-refractivity contribution is 9.10. The quantitative estimate of drug-likeness (QED) is 0.696. The van der Waals surface area contributed by atoms with Crippen LogP contribution >= 0.6 is 15.9 Å². The topological polar surface area (TPSA) is 29.5 Å². The molecule has 0 bridgehead atoms. The molecule has 0 aromatic heterocycles. The number of ether oxygens (including phenoxy) is 1. The molecule has 0 unspecified atom stereocenters. The standard InChI is InChI=1S/C15H19BrFNO2/c1-9-11-8-13(17)12(16)7-10(11)5-6-18(9)14(19)20-15(2,3)4/h7-9H,5-6H2,1-4H3/t9-/m1/s1. The molecule has 2 rings (SSSR count). The molecule has 1 amide bonds. The molecule has 0 saturated heterocycles. The first-order chi connectivity index (χ1) is 9.19. The molecular formula is C15H19BrFNO2. The second-order valence-corrected chi connectivity index (χ2v) is 6.92. The largest absolute Gasteiger partial charge is 0.444 e. The number of fused-ring (bicyclic) bond motifs is 1. The molecule has 1 heterocycles. The van der Waals surface area contributed by atoms with E-state index in [9.17, 15) is 9.18 Å². The summed E-state index contributed by atoms with van der Waals surface area (Å²) in [4.78, 5) is 13.8. The van der Waals surface area contributed by atoms with Crippen molar-refractivity contribution in [3.63, 3.8) is 0 Å². The van der Waals surface area contributed by atoms with Gasteiger partial charge in [-0.3, -0.25) is 0 Å². The van der Waals surface area contributed by atoms with Crippen LogP contribution in [0.5, 0.6) is 0 Å². The van der Waals surface area contributed by atoms with Crippen LogP contribution in [0.25, 0.3) is 0 Å². The van der Waals surface area contributed by atoms with Crippen molar-refractivity contribution in [2.75, 3.05) is 6.54 Å². The number of rotatable bonds is 0. The van der Waals surface area contributed by atoms with Gasteiger partial charge < -0.3 is 9.64 Å². The van der Waals surface area contributed by atoms with Crippen molar-refractivity contribution in [3.8, 4) is 0 Å². The van der Waals surface area contributed by atoms with Crippen LogP contribution in [0.2, 0.25) is 0 Å². The fraction of sp³-hybridized carbons (Fsp3) is 0.533. The minimum absolute atomic E-state index is 0.184. The molecule has 1 aliphatic rings. The first kappa shape index (κ1) is 15.3. The van der Waals surface area contributed by atoms with E-state index in [1.165, 1.54) is 6.07 Å². The maximum absolute atomic E-state index is 13.7. The Labute approximate surface area is 127 Å². The summed E-state index contributed by atoms with van der Waals surface area (Å²) >= 11 is 3.20. The molecule has 3 nitrogen and oxygen atoms in total. The number of halogens is 2. The van der Waals surface area contributed by atoms with Crippen LogP contribution < -0.4 is 0 Å². The summed E-state index contributed by atoms with van der Waals surface area (Å²) in [6.07, 6.45) is 0.358. The number of hydrogen-bond donors (Lipinski definition) is 0. The Kier molecular flexibility index (Phi) is 4.09. The van der Waals surface area contributed by atoms with E-state index in [0.717, 1.165) is 11.1 Å². The zero-order valence-corrected chi connectivity index (χ0v) is 13.8. The monoisotopic (exact) mass is 343 g/mol. The van der Waals surface area contributed by atoms with Crippen LogP contribution in [0.15, 0.2) is 16.6 Å². The average molecular weight is 344 g/mol. The van der Waals surface area contributed by atoms with Gasteiger partial charge in [-0.2, -0.15) is 0 Å². The minimum atomic E-state index is -0.526. The van der Waals surface area contributed by atoms with Crippen molar-refractivity contribution in [1.29, 1.82) is 0 Å². The zero-order valence-electron chi connectivity index (χ0n) is 12.2. The zero-order chi connectivity index (χ0) is 15.1. The molecule has 1 aromatic carbocycles. The molecule has 5 heteroatoms. The van der Waals surface area contributed by atoms with Gasteiger partial charge in [-0.15, -0.1) is 0 Å². The smallest absolute Gasteiger partial charge is 0.410 e. The molecule has 0 fully saturated rings. The van der Waals surface area contributed by atoms with Gasteiger partial charge in [0.15, 0.2) is 0 Å². The van der Waals surface area contributed by atoms with Gasteiger partial charge in [0.05, 0.1) is 10.5 Å². The van der Waals surface area contributed by atoms with Gasteiger partial charge in [0.2, 0.25) is 0 Å². The van der Waals surface area contributed by atoms with Crippen molar-refractivity contribution in [2.45, 2.75) is 45.8 Å². The predicted molar refractivity (Wildman–Crippen MR) is 79.2 cm³/mol. The van der Waals surface area contributed by atoms with Crippen molar-refractivity contribution < 1.29 is 13.9 Å². The highest BCUT2D eigenvalue weighted by Gasteiger charge is 2.31. The Morgan fingerprint density at radius 3 is 2.70 bits per heavy atom. The van der Waals surface area contributed by atoms with E-state index in [1.807, 2.05) is 27.7 Å². The summed E-state index contributed by atoms with van der Waals surface area (Å²) in [5.74, 6) is -0.304. The fourth-order valence-corrected chi connectivity index (χ4v) is 2.77. The molecule has 1 atom stereocenters. The van der Waals surface area contributed by atoms with Gasteiger partial charge in [-0.05, 0) is 73.3 Å². The third-order valence-corrected chi connectivity index (χ3v) is 3.96. The maximum Gasteiger partial charge on any atom is 0.410 e. The van der Waals surface area contributed by atoms with Crippen LogP contribution in [0.3, 0.4) is 0 Å². The second kappa shape index (κ2) is 5.35.